The molecule has 0 amide bonds. The predicted molar refractivity (Wildman–Crippen MR) is 560 cm³/mol. The Morgan fingerprint density at radius 3 is 1.12 bits per heavy atom. The standard InChI is InChI=1S/C30H46O5.C19H32O2.C16H26O4.C16H26O3.C14H26O2.C10H16O4.12CH4/c1-5-28(3,4)26(31)35-25-23-9-22-10-24(25)16-30(14-22,15-23)27(32)34-18(2)33-17-29-11-19-6-20(12-29)8-21(7-19)13-29;1-6-18(4,5)17(20)21-19(12(2)3)15-8-13-7-14(10-15)11-16(19)9-13;1-4-13(2,3)12(17)20-16-7-11-5-14(18,9-16)8-15(19,6-11)10-16;1-4-14(2,3)13(17)19-16-8-11-5-12(9-16)7-15(18,6-11)10-16;1-5-13(3,4)12(15)16-14(6-2)10-8-7-9-11-14;1-4-10(2,3)9(12)14-7-5-6-13-8(7)11;;;;;;;;;;;;/h18-25H,5-17H2,1-4H3;12-16H,6-11H2,1-5H3;11,18-19H,4-10H2,1-3H3;11-12,18H,4-10H2,1-3H3;5-11H2,1-4H3;7H,4-6H2,1-3H3;12*1H4. The van der Waals surface area contributed by atoms with Gasteiger partial charge in [0.25, 0.3) is 0 Å². The molecular weight excluding hydrogens is 1730 g/mol. The Hall–Kier alpha value is -4.40. The Labute approximate surface area is 841 Å². The summed E-state index contributed by atoms with van der Waals surface area (Å²) in [5.74, 6) is 7.56. The minimum absolute atomic E-state index is 0. The van der Waals surface area contributed by atoms with E-state index >= 15 is 0 Å². The van der Waals surface area contributed by atoms with Gasteiger partial charge in [-0.2, -0.15) is 0 Å². The maximum atomic E-state index is 13.6. The average Bonchev–Trinajstić information content (AvgIpc) is 0.844. The van der Waals surface area contributed by atoms with Crippen LogP contribution in [0.5, 0.6) is 0 Å². The first-order valence-corrected chi connectivity index (χ1v) is 50.7. The van der Waals surface area contributed by atoms with E-state index in [1.807, 2.05) is 111 Å². The highest BCUT2D eigenvalue weighted by molar-refractivity contribution is 5.83. The summed E-state index contributed by atoms with van der Waals surface area (Å²) in [5, 5.41) is 32.0. The summed E-state index contributed by atoms with van der Waals surface area (Å²) < 4.78 is 52.3. The van der Waals surface area contributed by atoms with Gasteiger partial charge < -0.3 is 58.0 Å². The number of carbonyl (C=O) groups is 8. The summed E-state index contributed by atoms with van der Waals surface area (Å²) in [7, 11) is 0. The zero-order chi connectivity index (χ0) is 91.7. The Balaban J connectivity index is 0.00000164. The second-order valence-electron chi connectivity index (χ2n) is 49.6. The van der Waals surface area contributed by atoms with Gasteiger partial charge in [0.2, 0.25) is 6.10 Å². The Bertz CT molecular complexity index is 3700. The summed E-state index contributed by atoms with van der Waals surface area (Å²) in [5.41, 5.74) is -6.21. The van der Waals surface area contributed by atoms with Gasteiger partial charge in [-0.25, -0.2) is 4.79 Å². The van der Waals surface area contributed by atoms with Crippen molar-refractivity contribution in [1.82, 2.24) is 0 Å². The molecule has 21 aliphatic carbocycles. The van der Waals surface area contributed by atoms with Crippen molar-refractivity contribution in [2.24, 2.45) is 126 Å². The van der Waals surface area contributed by atoms with Gasteiger partial charge in [0, 0.05) is 32.1 Å². The molecule has 20 nitrogen and oxygen atoms in total. The maximum absolute atomic E-state index is 13.6. The number of esters is 8. The lowest BCUT2D eigenvalue weighted by Crippen LogP contribution is -2.67. The molecule has 1 aliphatic heterocycles. The lowest BCUT2D eigenvalue weighted by Gasteiger charge is -2.62. The fraction of sp³-hybridized carbons (Fsp3) is 0.932. The third kappa shape index (κ3) is 29.1. The van der Waals surface area contributed by atoms with E-state index in [1.54, 1.807) is 13.8 Å². The van der Waals surface area contributed by atoms with Gasteiger partial charge in [-0.15, -0.1) is 0 Å². The molecule has 0 spiro atoms. The molecule has 21 saturated carbocycles. The van der Waals surface area contributed by atoms with Crippen molar-refractivity contribution < 1.29 is 96.3 Å². The highest BCUT2D eigenvalue weighted by Crippen LogP contribution is 2.67. The molecular formula is C117H220O20. The van der Waals surface area contributed by atoms with Crippen LogP contribution in [0.15, 0.2) is 0 Å². The number of cyclic esters (lactones) is 1. The van der Waals surface area contributed by atoms with Crippen LogP contribution in [0.1, 0.15) is 505 Å². The molecule has 137 heavy (non-hydrogen) atoms. The van der Waals surface area contributed by atoms with E-state index in [-0.39, 0.29) is 182 Å². The first-order valence-electron chi connectivity index (χ1n) is 50.7. The average molecular weight is 1950 g/mol. The first-order chi connectivity index (χ1) is 58.2. The number of ether oxygens (including phenoxy) is 9. The maximum Gasteiger partial charge on any atom is 0.347 e. The fourth-order valence-corrected chi connectivity index (χ4v) is 28.3. The minimum atomic E-state index is -0.842. The van der Waals surface area contributed by atoms with Gasteiger partial charge in [-0.05, 0) is 403 Å². The summed E-state index contributed by atoms with van der Waals surface area (Å²) in [6, 6.07) is 0. The highest BCUT2D eigenvalue weighted by atomic mass is 16.7. The van der Waals surface area contributed by atoms with Crippen molar-refractivity contribution in [3.05, 3.63) is 0 Å². The van der Waals surface area contributed by atoms with Crippen molar-refractivity contribution in [3.8, 4) is 0 Å². The summed E-state index contributed by atoms with van der Waals surface area (Å²) in [6.07, 6.45) is 39.6. The zero-order valence-electron chi connectivity index (χ0n) is 82.0. The molecule has 20 heteroatoms. The number of carbonyl (C=O) groups excluding carboxylic acids is 8. The van der Waals surface area contributed by atoms with E-state index in [0.717, 1.165) is 165 Å². The van der Waals surface area contributed by atoms with Crippen LogP contribution >= 0.6 is 0 Å². The smallest absolute Gasteiger partial charge is 0.347 e. The van der Waals surface area contributed by atoms with E-state index < -0.39 is 67.8 Å². The molecule has 1 saturated heterocycles. The largest absolute Gasteiger partial charge is 0.463 e. The van der Waals surface area contributed by atoms with E-state index in [4.69, 9.17) is 42.6 Å². The second-order valence-corrected chi connectivity index (χ2v) is 49.6. The summed E-state index contributed by atoms with van der Waals surface area (Å²) in [4.78, 5) is 98.6. The zero-order valence-corrected chi connectivity index (χ0v) is 82.0. The minimum Gasteiger partial charge on any atom is -0.463 e. The normalized spacial score (nSPS) is 35.7. The SMILES string of the molecule is C.C.C.C.C.C.C.C.C.C.C.C.CCC(C)(C)C(=O)OC1(C(C)C)C2CC3CC(C2)CC1C3.CCC(C)(C)C(=O)OC12CC3CC(CC(O)(C3)C1)C2.CCC(C)(C)C(=O)OC12CC3CC(O)(CC(O)(C3)C1)C2.CCC(C)(C)C(=O)OC1C2CC3CC1CC(C(=O)OC(C)OCC14CC5CC(CC(C5)C1)C4)(C3)C2.CCC(C)(C)C(=O)OC1CCOC1=O.CCC1(OC(=O)C(C)(C)CC)CCCCC1. The molecule has 1 heterocycles. The van der Waals surface area contributed by atoms with Crippen molar-refractivity contribution >= 4 is 47.8 Å². The Morgan fingerprint density at radius 2 is 0.737 bits per heavy atom. The van der Waals surface area contributed by atoms with Gasteiger partial charge in [0.1, 0.15) is 28.5 Å². The number of hydrogen-bond donors (Lipinski definition) is 3. The molecule has 0 aromatic rings. The Morgan fingerprint density at radius 1 is 0.380 bits per heavy atom. The van der Waals surface area contributed by atoms with Crippen LogP contribution in [0.3, 0.4) is 0 Å². The molecule has 22 aliphatic rings. The lowest BCUT2D eigenvalue weighted by atomic mass is 9.47. The molecule has 3 N–H and O–H groups in total. The van der Waals surface area contributed by atoms with E-state index in [0.29, 0.717) is 86.1 Å². The third-order valence-corrected chi connectivity index (χ3v) is 36.5. The second kappa shape index (κ2) is 49.7. The van der Waals surface area contributed by atoms with E-state index in [2.05, 4.69) is 27.7 Å². The lowest BCUT2D eigenvalue weighted by molar-refractivity contribution is -0.264. The molecule has 8 atom stereocenters. The van der Waals surface area contributed by atoms with Crippen LogP contribution in [0.4, 0.5) is 0 Å². The van der Waals surface area contributed by atoms with Crippen molar-refractivity contribution in [2.75, 3.05) is 13.2 Å². The molecule has 8 unspecified atom stereocenters. The van der Waals surface area contributed by atoms with Gasteiger partial charge in [0.05, 0.1) is 67.9 Å². The van der Waals surface area contributed by atoms with Gasteiger partial charge in [-0.3, -0.25) is 33.6 Å². The number of rotatable bonds is 25. The van der Waals surface area contributed by atoms with Crippen LogP contribution in [0.2, 0.25) is 0 Å². The predicted octanol–water partition coefficient (Wildman–Crippen LogP) is 29.3. The Kier molecular flexibility index (Phi) is 48.1. The van der Waals surface area contributed by atoms with Crippen molar-refractivity contribution in [1.29, 1.82) is 0 Å². The number of hydrogen-bond acceptors (Lipinski definition) is 20. The quantitative estimate of drug-likeness (QED) is 0.0435. The van der Waals surface area contributed by atoms with Crippen LogP contribution in [-0.2, 0) is 81.0 Å². The third-order valence-electron chi connectivity index (χ3n) is 36.5. The first kappa shape index (κ1) is 133. The topological polar surface area (TPSA) is 280 Å². The molecule has 20 bridgehead atoms. The van der Waals surface area contributed by atoms with E-state index in [9.17, 15) is 53.7 Å². The van der Waals surface area contributed by atoms with Crippen LogP contribution in [-0.4, -0.2) is 134 Å². The van der Waals surface area contributed by atoms with Crippen LogP contribution in [0, 0.1) is 126 Å². The van der Waals surface area contributed by atoms with E-state index in [1.165, 1.54) is 96.3 Å². The monoisotopic (exact) mass is 1950 g/mol. The van der Waals surface area contributed by atoms with Crippen LogP contribution in [0.25, 0.3) is 0 Å². The summed E-state index contributed by atoms with van der Waals surface area (Å²) in [6.45, 7) is 45.0. The van der Waals surface area contributed by atoms with Gasteiger partial charge >= 0.3 is 47.8 Å². The fourth-order valence-electron chi connectivity index (χ4n) is 28.3. The molecule has 808 valence electrons. The van der Waals surface area contributed by atoms with Crippen molar-refractivity contribution in [2.45, 2.75) is 562 Å². The van der Waals surface area contributed by atoms with Gasteiger partial charge in [0.15, 0.2) is 6.29 Å². The number of aliphatic hydroxyl groups is 3. The highest BCUT2D eigenvalue weighted by Gasteiger charge is 2.67. The molecule has 22 rings (SSSR count). The molecule has 0 radical (unpaired) electrons. The van der Waals surface area contributed by atoms with Crippen LogP contribution < -0.4 is 0 Å². The van der Waals surface area contributed by atoms with Gasteiger partial charge in [-0.1, -0.05) is 158 Å². The molecule has 22 fully saturated rings. The molecule has 0 aromatic carbocycles. The molecule has 0 aromatic heterocycles. The summed E-state index contributed by atoms with van der Waals surface area (Å²) >= 11 is 0. The van der Waals surface area contributed by atoms with Crippen molar-refractivity contribution in [3.63, 3.8) is 0 Å².